The van der Waals surface area contributed by atoms with Gasteiger partial charge in [-0.25, -0.2) is 4.79 Å². The minimum absolute atomic E-state index is 0.185. The lowest BCUT2D eigenvalue weighted by molar-refractivity contribution is -0.145. The predicted octanol–water partition coefficient (Wildman–Crippen LogP) is 3.28. The average molecular weight is 382 g/mol. The summed E-state index contributed by atoms with van der Waals surface area (Å²) in [6, 6.07) is 8.67. The van der Waals surface area contributed by atoms with Gasteiger partial charge in [-0.1, -0.05) is 6.07 Å². The second kappa shape index (κ2) is 7.26. The van der Waals surface area contributed by atoms with E-state index in [1.54, 1.807) is 44.2 Å². The molecule has 144 valence electrons. The van der Waals surface area contributed by atoms with E-state index in [0.717, 1.165) is 5.56 Å². The van der Waals surface area contributed by atoms with Gasteiger partial charge in [-0.2, -0.15) is 0 Å². The van der Waals surface area contributed by atoms with Crippen molar-refractivity contribution in [2.24, 2.45) is 0 Å². The number of rotatable bonds is 5. The van der Waals surface area contributed by atoms with Crippen LogP contribution in [0.5, 0.6) is 23.0 Å². The number of Topliss-reactive ketones (excluding diaryl/α,β-unsaturated/α-hetero) is 1. The van der Waals surface area contributed by atoms with Crippen LogP contribution in [0.25, 0.3) is 6.08 Å². The van der Waals surface area contributed by atoms with Gasteiger partial charge in [0, 0.05) is 5.56 Å². The van der Waals surface area contributed by atoms with Gasteiger partial charge >= 0.3 is 5.97 Å². The summed E-state index contributed by atoms with van der Waals surface area (Å²) < 4.78 is 26.8. The summed E-state index contributed by atoms with van der Waals surface area (Å²) in [5, 5.41) is 0. The Balaban J connectivity index is 1.56. The second-order valence-corrected chi connectivity index (χ2v) is 6.21. The number of allylic oxidation sites excluding steroid dienone is 1. The standard InChI is InChI=1S/C21H18O7/c1-3-24-19(22)10-25-15-7-5-14-20(23)18(28-21(14)12(15)2)9-13-4-6-16-17(8-13)27-11-26-16/h4-9H,3,10-11H2,1-2H3/b18-9-. The van der Waals surface area contributed by atoms with Crippen LogP contribution in [0.1, 0.15) is 28.4 Å². The summed E-state index contributed by atoms with van der Waals surface area (Å²) in [7, 11) is 0. The number of ether oxygens (including phenoxy) is 5. The van der Waals surface area contributed by atoms with Crippen molar-refractivity contribution < 1.29 is 33.3 Å². The first-order valence-corrected chi connectivity index (χ1v) is 8.82. The van der Waals surface area contributed by atoms with Crippen molar-refractivity contribution in [1.29, 1.82) is 0 Å². The Morgan fingerprint density at radius 3 is 2.82 bits per heavy atom. The molecule has 2 heterocycles. The molecule has 7 heteroatoms. The molecule has 0 aromatic heterocycles. The number of ketones is 1. The van der Waals surface area contributed by atoms with Crippen molar-refractivity contribution in [3.63, 3.8) is 0 Å². The minimum atomic E-state index is -0.456. The van der Waals surface area contributed by atoms with E-state index in [1.807, 2.05) is 6.07 Å². The topological polar surface area (TPSA) is 80.3 Å². The summed E-state index contributed by atoms with van der Waals surface area (Å²) in [5.74, 6) is 1.73. The Bertz CT molecular complexity index is 990. The van der Waals surface area contributed by atoms with Gasteiger partial charge in [-0.05, 0) is 49.8 Å². The van der Waals surface area contributed by atoms with Crippen LogP contribution >= 0.6 is 0 Å². The zero-order valence-electron chi connectivity index (χ0n) is 15.4. The van der Waals surface area contributed by atoms with E-state index in [4.69, 9.17) is 23.7 Å². The van der Waals surface area contributed by atoms with Gasteiger partial charge in [0.15, 0.2) is 23.9 Å². The highest BCUT2D eigenvalue weighted by Gasteiger charge is 2.30. The normalized spacial score (nSPS) is 15.4. The molecule has 28 heavy (non-hydrogen) atoms. The van der Waals surface area contributed by atoms with Crippen LogP contribution in [0.15, 0.2) is 36.1 Å². The summed E-state index contributed by atoms with van der Waals surface area (Å²) in [6.45, 7) is 3.77. The Labute approximate surface area is 161 Å². The largest absolute Gasteiger partial charge is 0.481 e. The molecule has 0 amide bonds. The number of fused-ring (bicyclic) bond motifs is 2. The summed E-state index contributed by atoms with van der Waals surface area (Å²) in [6.07, 6.45) is 1.66. The molecule has 4 rings (SSSR count). The highest BCUT2D eigenvalue weighted by Crippen LogP contribution is 2.40. The van der Waals surface area contributed by atoms with Crippen LogP contribution in [0.2, 0.25) is 0 Å². The van der Waals surface area contributed by atoms with Crippen LogP contribution in [0, 0.1) is 6.92 Å². The van der Waals surface area contributed by atoms with Gasteiger partial charge in [0.1, 0.15) is 11.5 Å². The number of hydrogen-bond acceptors (Lipinski definition) is 7. The Morgan fingerprint density at radius 1 is 1.18 bits per heavy atom. The first kappa shape index (κ1) is 17.9. The molecule has 2 aliphatic rings. The number of benzene rings is 2. The van der Waals surface area contributed by atoms with Crippen LogP contribution in [-0.4, -0.2) is 31.8 Å². The molecule has 2 aliphatic heterocycles. The fourth-order valence-electron chi connectivity index (χ4n) is 3.02. The third kappa shape index (κ3) is 3.26. The number of carbonyl (C=O) groups excluding carboxylic acids is 2. The summed E-state index contributed by atoms with van der Waals surface area (Å²) in [4.78, 5) is 24.2. The zero-order valence-corrected chi connectivity index (χ0v) is 15.4. The van der Waals surface area contributed by atoms with E-state index in [9.17, 15) is 9.59 Å². The van der Waals surface area contributed by atoms with E-state index in [1.165, 1.54) is 0 Å². The molecule has 0 unspecified atom stereocenters. The first-order valence-electron chi connectivity index (χ1n) is 8.82. The maximum atomic E-state index is 12.7. The highest BCUT2D eigenvalue weighted by atomic mass is 16.7. The Morgan fingerprint density at radius 2 is 2.00 bits per heavy atom. The molecule has 0 bridgehead atoms. The lowest BCUT2D eigenvalue weighted by Gasteiger charge is -2.10. The molecule has 2 aromatic rings. The monoisotopic (exact) mass is 382 g/mol. The van der Waals surface area contributed by atoms with E-state index in [0.29, 0.717) is 34.1 Å². The van der Waals surface area contributed by atoms with E-state index in [2.05, 4.69) is 0 Å². The van der Waals surface area contributed by atoms with Gasteiger partial charge in [0.2, 0.25) is 12.6 Å². The molecule has 7 nitrogen and oxygen atoms in total. The van der Waals surface area contributed by atoms with Crippen LogP contribution in [0.3, 0.4) is 0 Å². The molecule has 0 saturated carbocycles. The minimum Gasteiger partial charge on any atom is -0.481 e. The SMILES string of the molecule is CCOC(=O)COc1ccc2c(c1C)O/C(=C\c1ccc3c(c1)OCO3)C2=O. The van der Waals surface area contributed by atoms with Crippen molar-refractivity contribution in [2.75, 3.05) is 20.0 Å². The summed E-state index contributed by atoms with van der Waals surface area (Å²) in [5.41, 5.74) is 1.86. The molecule has 0 atom stereocenters. The van der Waals surface area contributed by atoms with Crippen molar-refractivity contribution in [2.45, 2.75) is 13.8 Å². The highest BCUT2D eigenvalue weighted by molar-refractivity contribution is 6.15. The number of esters is 1. The number of hydrogen-bond donors (Lipinski definition) is 0. The maximum absolute atomic E-state index is 12.7. The van der Waals surface area contributed by atoms with E-state index in [-0.39, 0.29) is 31.5 Å². The molecular formula is C21H18O7. The molecule has 0 saturated heterocycles. The van der Waals surface area contributed by atoms with Gasteiger partial charge in [0.25, 0.3) is 0 Å². The Kier molecular flexibility index (Phi) is 4.65. The molecular weight excluding hydrogens is 364 g/mol. The third-order valence-electron chi connectivity index (χ3n) is 4.38. The molecule has 0 spiro atoms. The first-order chi connectivity index (χ1) is 13.6. The van der Waals surface area contributed by atoms with Crippen molar-refractivity contribution in [3.8, 4) is 23.0 Å². The van der Waals surface area contributed by atoms with Gasteiger partial charge < -0.3 is 23.7 Å². The fraction of sp³-hybridized carbons (Fsp3) is 0.238. The molecule has 0 fully saturated rings. The second-order valence-electron chi connectivity index (χ2n) is 6.21. The van der Waals surface area contributed by atoms with Crippen LogP contribution in [0.4, 0.5) is 0 Å². The lowest BCUT2D eigenvalue weighted by Crippen LogP contribution is -2.15. The van der Waals surface area contributed by atoms with Crippen molar-refractivity contribution >= 4 is 17.8 Å². The smallest absolute Gasteiger partial charge is 0.344 e. The third-order valence-corrected chi connectivity index (χ3v) is 4.38. The van der Waals surface area contributed by atoms with Crippen LogP contribution < -0.4 is 18.9 Å². The average Bonchev–Trinajstić information content (AvgIpc) is 3.27. The zero-order chi connectivity index (χ0) is 19.7. The molecule has 0 N–H and O–H groups in total. The van der Waals surface area contributed by atoms with Crippen molar-refractivity contribution in [3.05, 3.63) is 52.8 Å². The predicted molar refractivity (Wildman–Crippen MR) is 98.8 cm³/mol. The quantitative estimate of drug-likeness (QED) is 0.580. The molecule has 0 radical (unpaired) electrons. The lowest BCUT2D eigenvalue weighted by atomic mass is 10.1. The summed E-state index contributed by atoms with van der Waals surface area (Å²) >= 11 is 0. The molecule has 0 aliphatic carbocycles. The van der Waals surface area contributed by atoms with Gasteiger partial charge in [0.05, 0.1) is 12.2 Å². The van der Waals surface area contributed by atoms with Gasteiger partial charge in [-0.3, -0.25) is 4.79 Å². The van der Waals surface area contributed by atoms with E-state index >= 15 is 0 Å². The Hall–Kier alpha value is -3.48. The van der Waals surface area contributed by atoms with Gasteiger partial charge in [-0.15, -0.1) is 0 Å². The fourth-order valence-corrected chi connectivity index (χ4v) is 3.02. The van der Waals surface area contributed by atoms with Crippen LogP contribution in [-0.2, 0) is 9.53 Å². The molecule has 2 aromatic carbocycles. The van der Waals surface area contributed by atoms with E-state index < -0.39 is 5.97 Å². The number of carbonyl (C=O) groups is 2. The van der Waals surface area contributed by atoms with Crippen molar-refractivity contribution in [1.82, 2.24) is 0 Å². The maximum Gasteiger partial charge on any atom is 0.344 e.